The Hall–Kier alpha value is -2.61. The molecular weight excluding hydrogens is 298 g/mol. The number of aromatic nitrogens is 4. The van der Waals surface area contributed by atoms with Gasteiger partial charge < -0.3 is 4.42 Å². The lowest BCUT2D eigenvalue weighted by atomic mass is 10.2. The summed E-state index contributed by atoms with van der Waals surface area (Å²) < 4.78 is 34.3. The number of furan rings is 1. The lowest BCUT2D eigenvalue weighted by Crippen LogP contribution is -1.93. The van der Waals surface area contributed by atoms with Crippen molar-refractivity contribution in [2.24, 2.45) is 0 Å². The van der Waals surface area contributed by atoms with Crippen molar-refractivity contribution >= 4 is 16.3 Å². The number of nitrogens with zero attached hydrogens (tertiary/aromatic N) is 4. The van der Waals surface area contributed by atoms with E-state index in [4.69, 9.17) is 4.42 Å². The van der Waals surface area contributed by atoms with Crippen LogP contribution >= 0.6 is 11.3 Å². The number of rotatable bonds is 2. The van der Waals surface area contributed by atoms with Crippen LogP contribution in [0.5, 0.6) is 0 Å². The maximum atomic E-state index is 13.8. The van der Waals surface area contributed by atoms with Gasteiger partial charge in [-0.1, -0.05) is 17.4 Å². The van der Waals surface area contributed by atoms with Gasteiger partial charge in [0.25, 0.3) is 0 Å². The molecule has 3 aromatic heterocycles. The fourth-order valence-corrected chi connectivity index (χ4v) is 2.87. The largest absolute Gasteiger partial charge is 0.461 e. The first-order chi connectivity index (χ1) is 10.2. The highest BCUT2D eigenvalue weighted by Gasteiger charge is 2.20. The average Bonchev–Trinajstić information content (AvgIpc) is 3.13. The van der Waals surface area contributed by atoms with E-state index in [0.717, 1.165) is 11.3 Å². The van der Waals surface area contributed by atoms with Gasteiger partial charge in [-0.3, -0.25) is 0 Å². The van der Waals surface area contributed by atoms with Crippen LogP contribution in [0.1, 0.15) is 0 Å². The molecule has 5 nitrogen and oxygen atoms in total. The standard InChI is InChI=1S/C13H6F2N4OS/c14-7-3-1-4-8(15)10(7)12-18-19-11(9-5-2-6-20-9)16-17-13(19)21-12/h1-6H. The van der Waals surface area contributed by atoms with Gasteiger partial charge in [0.05, 0.1) is 11.8 Å². The molecule has 8 heteroatoms. The van der Waals surface area contributed by atoms with Crippen LogP contribution in [0.15, 0.2) is 41.0 Å². The second-order valence-corrected chi connectivity index (χ2v) is 5.16. The van der Waals surface area contributed by atoms with E-state index in [-0.39, 0.29) is 10.6 Å². The van der Waals surface area contributed by atoms with Crippen LogP contribution in [0.25, 0.3) is 27.1 Å². The second-order valence-electron chi connectivity index (χ2n) is 4.20. The molecule has 0 aliphatic rings. The molecule has 0 N–H and O–H groups in total. The average molecular weight is 304 g/mol. The van der Waals surface area contributed by atoms with Gasteiger partial charge in [0.2, 0.25) is 10.8 Å². The summed E-state index contributed by atoms with van der Waals surface area (Å²) in [5.41, 5.74) is -0.168. The summed E-state index contributed by atoms with van der Waals surface area (Å²) in [6.07, 6.45) is 1.50. The van der Waals surface area contributed by atoms with E-state index in [1.807, 2.05) is 0 Å². The molecule has 0 aliphatic carbocycles. The lowest BCUT2D eigenvalue weighted by Gasteiger charge is -1.99. The summed E-state index contributed by atoms with van der Waals surface area (Å²) >= 11 is 1.05. The van der Waals surface area contributed by atoms with Gasteiger partial charge in [0.15, 0.2) is 10.8 Å². The molecule has 0 saturated heterocycles. The van der Waals surface area contributed by atoms with E-state index in [9.17, 15) is 8.78 Å². The van der Waals surface area contributed by atoms with Crippen LogP contribution in [-0.4, -0.2) is 19.8 Å². The minimum absolute atomic E-state index is 0.168. The van der Waals surface area contributed by atoms with Gasteiger partial charge in [-0.25, -0.2) is 8.78 Å². The van der Waals surface area contributed by atoms with E-state index >= 15 is 0 Å². The van der Waals surface area contributed by atoms with Crippen molar-refractivity contribution in [2.75, 3.05) is 0 Å². The Morgan fingerprint density at radius 3 is 2.57 bits per heavy atom. The summed E-state index contributed by atoms with van der Waals surface area (Å²) in [5.74, 6) is -0.471. The Labute approximate surface area is 120 Å². The van der Waals surface area contributed by atoms with E-state index < -0.39 is 11.6 Å². The van der Waals surface area contributed by atoms with E-state index in [1.54, 1.807) is 12.1 Å². The van der Waals surface area contributed by atoms with Crippen LogP contribution in [0.3, 0.4) is 0 Å². The molecular formula is C13H6F2N4OS. The van der Waals surface area contributed by atoms with Crippen molar-refractivity contribution in [3.05, 3.63) is 48.2 Å². The highest BCUT2D eigenvalue weighted by molar-refractivity contribution is 7.19. The van der Waals surface area contributed by atoms with Gasteiger partial charge in [-0.15, -0.1) is 10.2 Å². The minimum Gasteiger partial charge on any atom is -0.461 e. The van der Waals surface area contributed by atoms with Crippen molar-refractivity contribution < 1.29 is 13.2 Å². The number of hydrogen-bond donors (Lipinski definition) is 0. The number of benzene rings is 1. The van der Waals surface area contributed by atoms with Crippen molar-refractivity contribution in [3.8, 4) is 22.2 Å². The molecule has 1 aromatic carbocycles. The zero-order chi connectivity index (χ0) is 14.4. The van der Waals surface area contributed by atoms with E-state index in [0.29, 0.717) is 16.5 Å². The molecule has 21 heavy (non-hydrogen) atoms. The molecule has 0 spiro atoms. The second kappa shape index (κ2) is 4.45. The van der Waals surface area contributed by atoms with Gasteiger partial charge in [0, 0.05) is 0 Å². The molecule has 0 atom stereocenters. The highest BCUT2D eigenvalue weighted by atomic mass is 32.1. The minimum atomic E-state index is -0.667. The summed E-state index contributed by atoms with van der Waals surface area (Å²) in [5, 5.41) is 12.3. The molecule has 0 bridgehead atoms. The molecule has 104 valence electrons. The number of halogens is 2. The Kier molecular flexibility index (Phi) is 2.58. The van der Waals surface area contributed by atoms with Crippen LogP contribution in [0, 0.1) is 11.6 Å². The predicted octanol–water partition coefficient (Wildman–Crippen LogP) is 3.39. The molecule has 0 amide bonds. The lowest BCUT2D eigenvalue weighted by molar-refractivity contribution is 0.574. The highest BCUT2D eigenvalue weighted by Crippen LogP contribution is 2.31. The van der Waals surface area contributed by atoms with Gasteiger partial charge in [-0.05, 0) is 24.3 Å². The molecule has 0 aliphatic heterocycles. The molecule has 0 radical (unpaired) electrons. The quantitative estimate of drug-likeness (QED) is 0.569. The van der Waals surface area contributed by atoms with Crippen LogP contribution in [0.2, 0.25) is 0 Å². The first-order valence-electron chi connectivity index (χ1n) is 5.94. The Bertz CT molecular complexity index is 909. The third kappa shape index (κ3) is 1.83. The van der Waals surface area contributed by atoms with Crippen molar-refractivity contribution in [1.82, 2.24) is 19.8 Å². The fourth-order valence-electron chi connectivity index (χ4n) is 1.98. The fraction of sp³-hybridized carbons (Fsp3) is 0. The molecule has 0 unspecified atom stereocenters. The molecule has 3 heterocycles. The zero-order valence-electron chi connectivity index (χ0n) is 10.3. The van der Waals surface area contributed by atoms with Crippen LogP contribution in [-0.2, 0) is 0 Å². The maximum Gasteiger partial charge on any atom is 0.235 e. The zero-order valence-corrected chi connectivity index (χ0v) is 11.1. The van der Waals surface area contributed by atoms with Gasteiger partial charge in [-0.2, -0.15) is 9.61 Å². The van der Waals surface area contributed by atoms with Gasteiger partial charge in [0.1, 0.15) is 11.6 Å². The van der Waals surface area contributed by atoms with E-state index in [1.165, 1.54) is 29.0 Å². The summed E-state index contributed by atoms with van der Waals surface area (Å²) in [6, 6.07) is 7.10. The topological polar surface area (TPSA) is 56.2 Å². The third-order valence-corrected chi connectivity index (χ3v) is 3.83. The monoisotopic (exact) mass is 304 g/mol. The summed E-state index contributed by atoms with van der Waals surface area (Å²) in [4.78, 5) is 0.430. The van der Waals surface area contributed by atoms with Crippen LogP contribution in [0.4, 0.5) is 8.78 Å². The SMILES string of the molecule is Fc1cccc(F)c1-c1nn2c(-c3ccco3)nnc2s1. The normalized spacial score (nSPS) is 11.3. The van der Waals surface area contributed by atoms with Crippen molar-refractivity contribution in [3.63, 3.8) is 0 Å². The first kappa shape index (κ1) is 12.2. The van der Waals surface area contributed by atoms with Crippen molar-refractivity contribution in [2.45, 2.75) is 0 Å². The smallest absolute Gasteiger partial charge is 0.235 e. The Morgan fingerprint density at radius 1 is 1.05 bits per heavy atom. The molecule has 0 saturated carbocycles. The van der Waals surface area contributed by atoms with Crippen molar-refractivity contribution in [1.29, 1.82) is 0 Å². The van der Waals surface area contributed by atoms with Gasteiger partial charge >= 0.3 is 0 Å². The summed E-state index contributed by atoms with van der Waals surface area (Å²) in [7, 11) is 0. The Balaban J connectivity index is 1.93. The third-order valence-electron chi connectivity index (χ3n) is 2.91. The van der Waals surface area contributed by atoms with Crippen LogP contribution < -0.4 is 0 Å². The molecule has 4 aromatic rings. The first-order valence-corrected chi connectivity index (χ1v) is 6.76. The molecule has 0 fully saturated rings. The predicted molar refractivity (Wildman–Crippen MR) is 71.7 cm³/mol. The van der Waals surface area contributed by atoms with E-state index in [2.05, 4.69) is 15.3 Å². The molecule has 4 rings (SSSR count). The number of fused-ring (bicyclic) bond motifs is 1. The number of hydrogen-bond acceptors (Lipinski definition) is 5. The summed E-state index contributed by atoms with van der Waals surface area (Å²) in [6.45, 7) is 0. The maximum absolute atomic E-state index is 13.8. The Morgan fingerprint density at radius 2 is 1.86 bits per heavy atom.